The molecule has 0 saturated carbocycles. The summed E-state index contributed by atoms with van der Waals surface area (Å²) < 4.78 is 9.37. The van der Waals surface area contributed by atoms with Gasteiger partial charge in [-0.25, -0.2) is 0 Å². The monoisotopic (exact) mass is 134 g/mol. The third-order valence-electron chi connectivity index (χ3n) is 1.23. The van der Waals surface area contributed by atoms with Gasteiger partial charge in [0.15, 0.2) is 0 Å². The van der Waals surface area contributed by atoms with E-state index in [1.165, 1.54) is 6.92 Å². The van der Waals surface area contributed by atoms with Crippen molar-refractivity contribution in [3.05, 3.63) is 0 Å². The topological polar surface area (TPSA) is 58.9 Å². The molecule has 2 N–H and O–H groups in total. The Morgan fingerprint density at radius 3 is 2.11 bits per heavy atom. The average molecular weight is 134 g/mol. The molecule has 1 unspecified atom stereocenters. The van der Waals surface area contributed by atoms with E-state index >= 15 is 0 Å². The molecule has 0 aromatic carbocycles. The average Bonchev–Trinajstić information content (AvgIpc) is 2.16. The zero-order valence-electron chi connectivity index (χ0n) is 5.20. The van der Waals surface area contributed by atoms with Crippen LogP contribution in [0.4, 0.5) is 0 Å². The minimum absolute atomic E-state index is 0.335. The molecular formula is C5H10O4. The highest BCUT2D eigenvalue weighted by Crippen LogP contribution is 2.19. The largest absolute Gasteiger partial charge is 0.385 e. The van der Waals surface area contributed by atoms with Crippen LogP contribution in [-0.2, 0) is 9.47 Å². The predicted molar refractivity (Wildman–Crippen MR) is 28.5 cm³/mol. The van der Waals surface area contributed by atoms with Crippen molar-refractivity contribution in [2.75, 3.05) is 13.2 Å². The van der Waals surface area contributed by atoms with Gasteiger partial charge in [-0.05, 0) is 6.92 Å². The Labute approximate surface area is 53.0 Å². The van der Waals surface area contributed by atoms with Crippen molar-refractivity contribution in [1.82, 2.24) is 0 Å². The minimum atomic E-state index is -1.75. The van der Waals surface area contributed by atoms with Gasteiger partial charge >= 0.3 is 5.97 Å². The van der Waals surface area contributed by atoms with Crippen LogP contribution in [-0.4, -0.2) is 35.5 Å². The summed E-state index contributed by atoms with van der Waals surface area (Å²) in [7, 11) is 0. The van der Waals surface area contributed by atoms with Crippen LogP contribution in [0.25, 0.3) is 0 Å². The number of hydrogen-bond donors (Lipinski definition) is 2. The lowest BCUT2D eigenvalue weighted by atomic mass is 10.3. The smallest absolute Gasteiger partial charge is 0.307 e. The predicted octanol–water partition coefficient (Wildman–Crippen LogP) is -0.940. The Hall–Kier alpha value is -0.160. The molecule has 1 aliphatic heterocycles. The summed E-state index contributed by atoms with van der Waals surface area (Å²) in [5, 5.41) is 17.9. The minimum Gasteiger partial charge on any atom is -0.385 e. The van der Waals surface area contributed by atoms with E-state index in [0.717, 1.165) is 0 Å². The SMILES string of the molecule is CC(O)C1(O)OCCO1. The van der Waals surface area contributed by atoms with Crippen molar-refractivity contribution >= 4 is 0 Å². The maximum Gasteiger partial charge on any atom is 0.307 e. The van der Waals surface area contributed by atoms with Crippen molar-refractivity contribution in [3.8, 4) is 0 Å². The summed E-state index contributed by atoms with van der Waals surface area (Å²) in [6.45, 7) is 2.08. The number of aliphatic hydroxyl groups is 2. The van der Waals surface area contributed by atoms with Crippen molar-refractivity contribution in [1.29, 1.82) is 0 Å². The molecule has 1 heterocycles. The number of hydrogen-bond acceptors (Lipinski definition) is 4. The molecule has 1 atom stereocenters. The summed E-state index contributed by atoms with van der Waals surface area (Å²) in [5.74, 6) is -1.75. The van der Waals surface area contributed by atoms with Crippen LogP contribution in [0.5, 0.6) is 0 Å². The first-order valence-electron chi connectivity index (χ1n) is 2.83. The molecule has 0 aliphatic carbocycles. The first kappa shape index (κ1) is 6.95. The van der Waals surface area contributed by atoms with E-state index in [1.54, 1.807) is 0 Å². The molecule has 1 aliphatic rings. The quantitative estimate of drug-likeness (QED) is 0.486. The lowest BCUT2D eigenvalue weighted by Gasteiger charge is -2.22. The third kappa shape index (κ3) is 1.21. The van der Waals surface area contributed by atoms with Gasteiger partial charge < -0.3 is 19.7 Å². The third-order valence-corrected chi connectivity index (χ3v) is 1.23. The lowest BCUT2D eigenvalue weighted by molar-refractivity contribution is -0.344. The first-order chi connectivity index (χ1) is 4.15. The highest BCUT2D eigenvalue weighted by atomic mass is 16.9. The van der Waals surface area contributed by atoms with E-state index < -0.39 is 12.1 Å². The van der Waals surface area contributed by atoms with Crippen LogP contribution in [0.1, 0.15) is 6.92 Å². The molecular weight excluding hydrogens is 124 g/mol. The van der Waals surface area contributed by atoms with Gasteiger partial charge in [-0.15, -0.1) is 0 Å². The molecule has 4 nitrogen and oxygen atoms in total. The molecule has 0 aromatic rings. The molecule has 0 amide bonds. The normalized spacial score (nSPS) is 28.3. The Morgan fingerprint density at radius 2 is 1.89 bits per heavy atom. The number of ether oxygens (including phenoxy) is 2. The second-order valence-corrected chi connectivity index (χ2v) is 2.00. The Bertz CT molecular complexity index is 95.1. The highest BCUT2D eigenvalue weighted by Gasteiger charge is 2.39. The molecule has 1 fully saturated rings. The van der Waals surface area contributed by atoms with E-state index in [4.69, 9.17) is 10.2 Å². The summed E-state index contributed by atoms with van der Waals surface area (Å²) in [6.07, 6.45) is -1.00. The van der Waals surface area contributed by atoms with E-state index in [0.29, 0.717) is 13.2 Å². The van der Waals surface area contributed by atoms with Crippen molar-refractivity contribution < 1.29 is 19.7 Å². The summed E-state index contributed by atoms with van der Waals surface area (Å²) in [6, 6.07) is 0. The first-order valence-corrected chi connectivity index (χ1v) is 2.83. The van der Waals surface area contributed by atoms with Crippen LogP contribution < -0.4 is 0 Å². The zero-order valence-corrected chi connectivity index (χ0v) is 5.20. The molecule has 1 saturated heterocycles. The maximum atomic E-state index is 9.07. The van der Waals surface area contributed by atoms with E-state index in [9.17, 15) is 0 Å². The molecule has 4 heteroatoms. The number of aliphatic hydroxyl groups excluding tert-OH is 1. The fourth-order valence-electron chi connectivity index (χ4n) is 0.659. The highest BCUT2D eigenvalue weighted by molar-refractivity contribution is 4.65. The van der Waals surface area contributed by atoms with Gasteiger partial charge in [-0.3, -0.25) is 0 Å². The van der Waals surface area contributed by atoms with Crippen LogP contribution in [0.15, 0.2) is 0 Å². The van der Waals surface area contributed by atoms with Gasteiger partial charge in [0.2, 0.25) is 0 Å². The van der Waals surface area contributed by atoms with Crippen molar-refractivity contribution in [2.24, 2.45) is 0 Å². The molecule has 0 radical (unpaired) electrons. The van der Waals surface area contributed by atoms with Crippen molar-refractivity contribution in [2.45, 2.75) is 19.0 Å². The standard InChI is InChI=1S/C5H10O4/c1-4(6)5(7)8-2-3-9-5/h4,6-7H,2-3H2,1H3. The summed E-state index contributed by atoms with van der Waals surface area (Å²) in [5.41, 5.74) is 0. The summed E-state index contributed by atoms with van der Waals surface area (Å²) in [4.78, 5) is 0. The van der Waals surface area contributed by atoms with E-state index in [-0.39, 0.29) is 0 Å². The molecule has 0 aromatic heterocycles. The second-order valence-electron chi connectivity index (χ2n) is 2.00. The maximum absolute atomic E-state index is 9.07. The van der Waals surface area contributed by atoms with Gasteiger partial charge in [0.1, 0.15) is 6.10 Å². The molecule has 0 spiro atoms. The fraction of sp³-hybridized carbons (Fsp3) is 1.00. The number of rotatable bonds is 1. The lowest BCUT2D eigenvalue weighted by Crippen LogP contribution is -2.41. The van der Waals surface area contributed by atoms with Crippen LogP contribution >= 0.6 is 0 Å². The summed E-state index contributed by atoms with van der Waals surface area (Å²) >= 11 is 0. The Balaban J connectivity index is 2.51. The van der Waals surface area contributed by atoms with E-state index in [1.807, 2.05) is 0 Å². The fourth-order valence-corrected chi connectivity index (χ4v) is 0.659. The van der Waals surface area contributed by atoms with Gasteiger partial charge in [0.05, 0.1) is 13.2 Å². The second kappa shape index (κ2) is 2.22. The Morgan fingerprint density at radius 1 is 1.44 bits per heavy atom. The zero-order chi connectivity index (χ0) is 6.91. The van der Waals surface area contributed by atoms with Crippen molar-refractivity contribution in [3.63, 3.8) is 0 Å². The van der Waals surface area contributed by atoms with Crippen LogP contribution in [0.3, 0.4) is 0 Å². The molecule has 9 heavy (non-hydrogen) atoms. The molecule has 54 valence electrons. The van der Waals surface area contributed by atoms with Gasteiger partial charge in [0.25, 0.3) is 0 Å². The van der Waals surface area contributed by atoms with E-state index in [2.05, 4.69) is 9.47 Å². The van der Waals surface area contributed by atoms with Gasteiger partial charge in [-0.2, -0.15) is 0 Å². The molecule has 1 rings (SSSR count). The Kier molecular flexibility index (Phi) is 1.72. The van der Waals surface area contributed by atoms with Crippen LogP contribution in [0, 0.1) is 0 Å². The van der Waals surface area contributed by atoms with Gasteiger partial charge in [0, 0.05) is 0 Å². The van der Waals surface area contributed by atoms with Gasteiger partial charge in [-0.1, -0.05) is 0 Å². The van der Waals surface area contributed by atoms with Crippen LogP contribution in [0.2, 0.25) is 0 Å². The molecule has 0 bridgehead atoms.